The molecule has 5 aliphatic rings. The van der Waals surface area contributed by atoms with Crippen LogP contribution in [-0.4, -0.2) is 0 Å². The van der Waals surface area contributed by atoms with E-state index >= 15 is 0 Å². The van der Waals surface area contributed by atoms with Crippen molar-refractivity contribution in [2.24, 2.45) is 23.2 Å². The average molecular weight is 909 g/mol. The van der Waals surface area contributed by atoms with Gasteiger partial charge in [0.25, 0.3) is 0 Å². The summed E-state index contributed by atoms with van der Waals surface area (Å²) in [6.45, 7) is 21.8. The van der Waals surface area contributed by atoms with Crippen LogP contribution in [0.15, 0.2) is 90.3 Å². The van der Waals surface area contributed by atoms with Gasteiger partial charge in [-0.25, -0.2) is 0 Å². The van der Waals surface area contributed by atoms with Crippen molar-refractivity contribution in [1.29, 1.82) is 0 Å². The maximum atomic E-state index is 14.9. The van der Waals surface area contributed by atoms with Crippen molar-refractivity contribution >= 4 is 45.5 Å². The van der Waals surface area contributed by atoms with Gasteiger partial charge in [0.1, 0.15) is 0 Å². The molecule has 5 aliphatic carbocycles. The molecular formula is C56H62F6N2S. The van der Waals surface area contributed by atoms with Gasteiger partial charge in [-0.2, -0.15) is 26.3 Å². The van der Waals surface area contributed by atoms with E-state index in [0.29, 0.717) is 29.1 Å². The van der Waals surface area contributed by atoms with Crippen molar-refractivity contribution in [2.75, 3.05) is 9.80 Å². The van der Waals surface area contributed by atoms with Gasteiger partial charge in [0.15, 0.2) is 0 Å². The number of alkyl halides is 6. The summed E-state index contributed by atoms with van der Waals surface area (Å²) < 4.78 is 89.4. The Kier molecular flexibility index (Phi) is 9.71. The summed E-state index contributed by atoms with van der Waals surface area (Å²) >= 11 is 1.57. The normalized spacial score (nSPS) is 26.2. The van der Waals surface area contributed by atoms with Gasteiger partial charge in [-0.05, 0) is 173 Å². The summed E-state index contributed by atoms with van der Waals surface area (Å²) in [6.07, 6.45) is -2.48. The first-order valence-electron chi connectivity index (χ1n) is 23.5. The Hall–Kier alpha value is -4.24. The van der Waals surface area contributed by atoms with E-state index in [1.807, 2.05) is 11.4 Å². The molecule has 4 aromatic carbocycles. The Morgan fingerprint density at radius 2 is 1.03 bits per heavy atom. The molecule has 0 aliphatic heterocycles. The first-order valence-corrected chi connectivity index (χ1v) is 24.4. The number of nitrogens with zero attached hydrogens (tertiary/aromatic N) is 2. The van der Waals surface area contributed by atoms with E-state index in [9.17, 15) is 26.3 Å². The van der Waals surface area contributed by atoms with Crippen LogP contribution in [0.4, 0.5) is 60.5 Å². The van der Waals surface area contributed by atoms with Crippen LogP contribution in [0.3, 0.4) is 0 Å². The number of anilines is 6. The van der Waals surface area contributed by atoms with Crippen molar-refractivity contribution in [3.8, 4) is 0 Å². The molecule has 2 nitrogen and oxygen atoms in total. The summed E-state index contributed by atoms with van der Waals surface area (Å²) in [6, 6.07) is 25.8. The van der Waals surface area contributed by atoms with E-state index in [-0.39, 0.29) is 38.8 Å². The van der Waals surface area contributed by atoms with Gasteiger partial charge in [-0.1, -0.05) is 93.5 Å². The number of hydrogen-bond acceptors (Lipinski definition) is 3. The molecule has 0 amide bonds. The third-order valence-corrected chi connectivity index (χ3v) is 18.2. The van der Waals surface area contributed by atoms with Gasteiger partial charge in [-0.3, -0.25) is 0 Å². The standard InChI is InChI=1S/C56H62F6N2S/c1-49(2,3)34-11-15-41(16-12-34)63(42-17-13-35(14-18-42)50(4,5)6)44-24-36(53-29-33-21-37-22-40(31-53)54(37,53)30-33)25-45(28-44)64(43-26-38(55(57,58)59)23-39(27-43)56(60,61)62)46-32-65-48-47(46)51(7,8)19-20-52(48,9)10/h11-18,23-28,32-33,37,40H,19-22,29-31H2,1-10H3. The number of hydrogen-bond donors (Lipinski definition) is 0. The van der Waals surface area contributed by atoms with Crippen molar-refractivity contribution in [2.45, 2.75) is 154 Å². The highest BCUT2D eigenvalue weighted by molar-refractivity contribution is 7.10. The van der Waals surface area contributed by atoms with Crippen LogP contribution in [0, 0.1) is 23.2 Å². The van der Waals surface area contributed by atoms with Crippen molar-refractivity contribution < 1.29 is 26.3 Å². The summed E-state index contributed by atoms with van der Waals surface area (Å²) in [4.78, 5) is 5.12. The lowest BCUT2D eigenvalue weighted by Gasteiger charge is -2.73. The number of fused-ring (bicyclic) bond motifs is 2. The topological polar surface area (TPSA) is 6.48 Å². The van der Waals surface area contributed by atoms with Crippen LogP contribution in [0.25, 0.3) is 0 Å². The van der Waals surface area contributed by atoms with Crippen molar-refractivity contribution in [3.05, 3.63) is 129 Å². The summed E-state index contributed by atoms with van der Waals surface area (Å²) in [5.74, 6) is 1.92. The van der Waals surface area contributed by atoms with Crippen LogP contribution in [0.1, 0.15) is 152 Å². The first kappa shape index (κ1) is 44.6. The lowest BCUT2D eigenvalue weighted by Crippen LogP contribution is -2.68. The number of benzene rings is 4. The second-order valence-corrected chi connectivity index (χ2v) is 24.7. The smallest absolute Gasteiger partial charge is 0.310 e. The SMILES string of the molecule is CC(C)(C)c1ccc(N(c2ccc(C(C)(C)C)cc2)c2cc(N(c3cc(C(F)(F)F)cc(C(F)(F)F)c3)c3csc4c3C(C)(C)CCC4(C)C)cc(C34CC5CC6CC(C3)C64C5)c2)cc1. The van der Waals surface area contributed by atoms with E-state index in [1.165, 1.54) is 30.4 Å². The van der Waals surface area contributed by atoms with Crippen LogP contribution in [0.5, 0.6) is 0 Å². The molecule has 0 radical (unpaired) electrons. The maximum absolute atomic E-state index is 14.9. The van der Waals surface area contributed by atoms with Gasteiger partial charge in [0.2, 0.25) is 0 Å². The second kappa shape index (κ2) is 14.1. The zero-order chi connectivity index (χ0) is 46.7. The number of thiophene rings is 1. The molecule has 65 heavy (non-hydrogen) atoms. The van der Waals surface area contributed by atoms with E-state index in [2.05, 4.69) is 135 Å². The fraction of sp³-hybridized carbons (Fsp3) is 0.500. The maximum Gasteiger partial charge on any atom is 0.416 e. The highest BCUT2D eigenvalue weighted by Crippen LogP contribution is 2.86. The van der Waals surface area contributed by atoms with E-state index in [4.69, 9.17) is 0 Å². The van der Waals surface area contributed by atoms with Crippen LogP contribution < -0.4 is 9.80 Å². The summed E-state index contributed by atoms with van der Waals surface area (Å²) in [7, 11) is 0. The molecule has 9 heteroatoms. The summed E-state index contributed by atoms with van der Waals surface area (Å²) in [5, 5.41) is 1.99. The van der Waals surface area contributed by atoms with Gasteiger partial charge < -0.3 is 9.80 Å². The Balaban J connectivity index is 1.28. The Morgan fingerprint density at radius 1 is 0.523 bits per heavy atom. The Labute approximate surface area is 385 Å². The Bertz CT molecular complexity index is 2580. The van der Waals surface area contributed by atoms with Gasteiger partial charge in [0, 0.05) is 44.1 Å². The zero-order valence-electron chi connectivity index (χ0n) is 39.4. The quantitative estimate of drug-likeness (QED) is 0.150. The molecule has 0 saturated heterocycles. The summed E-state index contributed by atoms with van der Waals surface area (Å²) in [5.41, 5.74) is 4.85. The number of rotatable bonds is 7. The van der Waals surface area contributed by atoms with Crippen LogP contribution in [0.2, 0.25) is 0 Å². The van der Waals surface area contributed by atoms with Crippen molar-refractivity contribution in [3.63, 3.8) is 0 Å². The molecule has 1 aromatic heterocycles. The Morgan fingerprint density at radius 3 is 1.52 bits per heavy atom. The minimum absolute atomic E-state index is 0.0894. The molecule has 1 heterocycles. The molecule has 2 bridgehead atoms. The predicted octanol–water partition coefficient (Wildman–Crippen LogP) is 17.7. The highest BCUT2D eigenvalue weighted by Gasteiger charge is 2.80. The predicted molar refractivity (Wildman–Crippen MR) is 254 cm³/mol. The van der Waals surface area contributed by atoms with E-state index < -0.39 is 28.9 Å². The third kappa shape index (κ3) is 6.92. The van der Waals surface area contributed by atoms with Gasteiger partial charge in [0.05, 0.1) is 16.8 Å². The zero-order valence-corrected chi connectivity index (χ0v) is 40.2. The van der Waals surface area contributed by atoms with Gasteiger partial charge in [-0.15, -0.1) is 11.3 Å². The molecule has 5 unspecified atom stereocenters. The first-order chi connectivity index (χ1) is 30.1. The van der Waals surface area contributed by atoms with Crippen LogP contribution in [-0.2, 0) is 39.4 Å². The monoisotopic (exact) mass is 908 g/mol. The van der Waals surface area contributed by atoms with Crippen molar-refractivity contribution in [1.82, 2.24) is 0 Å². The molecule has 344 valence electrons. The highest BCUT2D eigenvalue weighted by atomic mass is 32.1. The van der Waals surface area contributed by atoms with Crippen LogP contribution >= 0.6 is 11.3 Å². The largest absolute Gasteiger partial charge is 0.416 e. The molecular weight excluding hydrogens is 847 g/mol. The molecule has 0 N–H and O–H groups in total. The van der Waals surface area contributed by atoms with E-state index in [0.717, 1.165) is 70.9 Å². The molecule has 4 saturated carbocycles. The number of halogens is 6. The molecule has 4 fully saturated rings. The molecule has 1 spiro atoms. The fourth-order valence-electron chi connectivity index (χ4n) is 13.5. The van der Waals surface area contributed by atoms with Gasteiger partial charge >= 0.3 is 12.4 Å². The lowest BCUT2D eigenvalue weighted by molar-refractivity contribution is -0.198. The second-order valence-electron chi connectivity index (χ2n) is 23.8. The molecule has 5 atom stereocenters. The molecule has 10 rings (SSSR count). The lowest BCUT2D eigenvalue weighted by atomic mass is 9.31. The third-order valence-electron chi connectivity index (χ3n) is 16.9. The van der Waals surface area contributed by atoms with E-state index in [1.54, 1.807) is 16.2 Å². The minimum Gasteiger partial charge on any atom is -0.310 e. The fourth-order valence-corrected chi connectivity index (χ4v) is 14.9. The minimum atomic E-state index is -5.01. The molecule has 5 aromatic rings. The average Bonchev–Trinajstić information content (AvgIpc) is 3.89.